The number of piperidine rings is 2. The second-order valence-electron chi connectivity index (χ2n) is 7.41. The Balaban J connectivity index is 1.51. The van der Waals surface area contributed by atoms with E-state index in [1.54, 1.807) is 6.20 Å². The highest BCUT2D eigenvalue weighted by Gasteiger charge is 2.45. The Kier molecular flexibility index (Phi) is 3.96. The van der Waals surface area contributed by atoms with Gasteiger partial charge in [0.25, 0.3) is 5.91 Å². The number of amides is 1. The number of nitrogens with zero attached hydrogens (tertiary/aromatic N) is 3. The van der Waals surface area contributed by atoms with E-state index in [4.69, 9.17) is 11.6 Å². The van der Waals surface area contributed by atoms with E-state index in [0.29, 0.717) is 16.0 Å². The van der Waals surface area contributed by atoms with Gasteiger partial charge in [-0.05, 0) is 56.4 Å². The Morgan fingerprint density at radius 2 is 1.87 bits per heavy atom. The smallest absolute Gasteiger partial charge is 0.255 e. The lowest BCUT2D eigenvalue weighted by Crippen LogP contribution is -2.37. The molecule has 1 amide bonds. The summed E-state index contributed by atoms with van der Waals surface area (Å²) in [6.45, 7) is 3.80. The maximum atomic E-state index is 12.6. The van der Waals surface area contributed by atoms with Gasteiger partial charge in [0, 0.05) is 32.4 Å². The molecule has 5 heteroatoms. The van der Waals surface area contributed by atoms with Crippen molar-refractivity contribution in [3.63, 3.8) is 0 Å². The van der Waals surface area contributed by atoms with Crippen LogP contribution >= 0.6 is 11.6 Å². The molecular formula is C18H24ClN3O. The molecule has 2 aliphatic heterocycles. The summed E-state index contributed by atoms with van der Waals surface area (Å²) in [5.74, 6) is 0.927. The van der Waals surface area contributed by atoms with Gasteiger partial charge in [-0.25, -0.2) is 4.98 Å². The second-order valence-corrected chi connectivity index (χ2v) is 7.81. The molecule has 1 saturated carbocycles. The van der Waals surface area contributed by atoms with Crippen LogP contribution in [-0.2, 0) is 0 Å². The first-order valence-corrected chi connectivity index (χ1v) is 9.25. The average Bonchev–Trinajstić information content (AvgIpc) is 3.33. The fraction of sp³-hybridized carbons (Fsp3) is 0.667. The summed E-state index contributed by atoms with van der Waals surface area (Å²) in [6, 6.07) is 1.81. The van der Waals surface area contributed by atoms with Crippen molar-refractivity contribution in [2.75, 3.05) is 31.1 Å². The third-order valence-corrected chi connectivity index (χ3v) is 5.91. The largest absolute Gasteiger partial charge is 0.355 e. The van der Waals surface area contributed by atoms with Crippen LogP contribution in [0.3, 0.4) is 0 Å². The molecule has 3 heterocycles. The van der Waals surface area contributed by atoms with Gasteiger partial charge in [-0.3, -0.25) is 4.79 Å². The Hall–Kier alpha value is -1.29. The van der Waals surface area contributed by atoms with E-state index in [-0.39, 0.29) is 5.91 Å². The van der Waals surface area contributed by atoms with Crippen molar-refractivity contribution in [3.8, 4) is 0 Å². The number of hydrogen-bond acceptors (Lipinski definition) is 3. The summed E-state index contributed by atoms with van der Waals surface area (Å²) < 4.78 is 0. The van der Waals surface area contributed by atoms with Crippen LogP contribution in [0.1, 0.15) is 55.3 Å². The van der Waals surface area contributed by atoms with Crippen LogP contribution in [0.4, 0.5) is 5.82 Å². The zero-order chi connectivity index (χ0) is 15.9. The third kappa shape index (κ3) is 3.06. The normalized spacial score (nSPS) is 23.2. The quantitative estimate of drug-likeness (QED) is 0.827. The van der Waals surface area contributed by atoms with Crippen LogP contribution in [-0.4, -0.2) is 42.0 Å². The summed E-state index contributed by atoms with van der Waals surface area (Å²) in [5, 5.41) is 0.616. The molecule has 4 rings (SSSR count). The highest BCUT2D eigenvalue weighted by Crippen LogP contribution is 2.52. The highest BCUT2D eigenvalue weighted by molar-refractivity contribution is 6.33. The molecule has 1 aliphatic carbocycles. The predicted octanol–water partition coefficient (Wildman–Crippen LogP) is 3.74. The maximum absolute atomic E-state index is 12.6. The summed E-state index contributed by atoms with van der Waals surface area (Å²) >= 11 is 6.48. The Morgan fingerprint density at radius 1 is 1.09 bits per heavy atom. The molecule has 3 aliphatic rings. The molecule has 0 N–H and O–H groups in total. The van der Waals surface area contributed by atoms with E-state index >= 15 is 0 Å². The molecule has 0 unspecified atom stereocenters. The Morgan fingerprint density at radius 3 is 2.57 bits per heavy atom. The van der Waals surface area contributed by atoms with Crippen molar-refractivity contribution in [2.45, 2.75) is 44.9 Å². The van der Waals surface area contributed by atoms with Gasteiger partial charge in [0.2, 0.25) is 0 Å². The molecule has 0 aromatic carbocycles. The van der Waals surface area contributed by atoms with Crippen molar-refractivity contribution < 1.29 is 4.79 Å². The van der Waals surface area contributed by atoms with E-state index in [9.17, 15) is 4.79 Å². The molecule has 1 spiro atoms. The molecule has 23 heavy (non-hydrogen) atoms. The first-order chi connectivity index (χ1) is 11.2. The first-order valence-electron chi connectivity index (χ1n) is 8.87. The minimum Gasteiger partial charge on any atom is -0.355 e. The number of rotatable bonds is 2. The zero-order valence-electron chi connectivity index (χ0n) is 13.6. The van der Waals surface area contributed by atoms with Gasteiger partial charge in [-0.2, -0.15) is 0 Å². The second kappa shape index (κ2) is 5.97. The van der Waals surface area contributed by atoms with Crippen LogP contribution in [0, 0.1) is 5.41 Å². The molecule has 0 bridgehead atoms. The first kappa shape index (κ1) is 15.3. The van der Waals surface area contributed by atoms with Gasteiger partial charge in [0.05, 0.1) is 10.6 Å². The van der Waals surface area contributed by atoms with Crippen LogP contribution in [0.2, 0.25) is 5.02 Å². The van der Waals surface area contributed by atoms with Gasteiger partial charge in [-0.1, -0.05) is 11.6 Å². The molecule has 1 aromatic heterocycles. The SMILES string of the molecule is O=C(c1cnc(N2CCCC3(CC3)C2)c(Cl)c1)N1CCCCC1. The molecule has 1 aromatic rings. The molecular weight excluding hydrogens is 310 g/mol. The zero-order valence-corrected chi connectivity index (χ0v) is 14.3. The number of likely N-dealkylation sites (tertiary alicyclic amines) is 1. The lowest BCUT2D eigenvalue weighted by Gasteiger charge is -2.34. The summed E-state index contributed by atoms with van der Waals surface area (Å²) in [7, 11) is 0. The number of hydrogen-bond donors (Lipinski definition) is 0. The lowest BCUT2D eigenvalue weighted by atomic mass is 9.95. The van der Waals surface area contributed by atoms with Crippen molar-refractivity contribution in [1.82, 2.24) is 9.88 Å². The predicted molar refractivity (Wildman–Crippen MR) is 92.1 cm³/mol. The molecule has 124 valence electrons. The van der Waals surface area contributed by atoms with Gasteiger partial charge in [0.1, 0.15) is 5.82 Å². The summed E-state index contributed by atoms with van der Waals surface area (Å²) in [5.41, 5.74) is 1.16. The third-order valence-electron chi connectivity index (χ3n) is 5.63. The van der Waals surface area contributed by atoms with E-state index < -0.39 is 0 Å². The standard InChI is InChI=1S/C18H24ClN3O/c19-15-11-14(17(23)21-8-2-1-3-9-21)12-20-16(15)22-10-4-5-18(13-22)6-7-18/h11-12H,1-10,13H2. The van der Waals surface area contributed by atoms with Gasteiger partial charge in [-0.15, -0.1) is 0 Å². The molecule has 2 saturated heterocycles. The van der Waals surface area contributed by atoms with E-state index in [1.165, 1.54) is 32.1 Å². The lowest BCUT2D eigenvalue weighted by molar-refractivity contribution is 0.0724. The van der Waals surface area contributed by atoms with Crippen LogP contribution in [0.25, 0.3) is 0 Å². The van der Waals surface area contributed by atoms with Crippen molar-refractivity contribution in [2.24, 2.45) is 5.41 Å². The highest BCUT2D eigenvalue weighted by atomic mass is 35.5. The number of halogens is 1. The average molecular weight is 334 g/mol. The molecule has 3 fully saturated rings. The molecule has 0 radical (unpaired) electrons. The van der Waals surface area contributed by atoms with Crippen LogP contribution < -0.4 is 4.90 Å². The Labute approximate surface area is 142 Å². The van der Waals surface area contributed by atoms with Crippen molar-refractivity contribution >= 4 is 23.3 Å². The van der Waals surface area contributed by atoms with E-state index in [0.717, 1.165) is 44.8 Å². The number of carbonyl (C=O) groups excluding carboxylic acids is 1. The van der Waals surface area contributed by atoms with E-state index in [2.05, 4.69) is 9.88 Å². The minimum atomic E-state index is 0.0722. The topological polar surface area (TPSA) is 36.4 Å². The monoisotopic (exact) mass is 333 g/mol. The van der Waals surface area contributed by atoms with Crippen molar-refractivity contribution in [1.29, 1.82) is 0 Å². The fourth-order valence-electron chi connectivity index (χ4n) is 4.03. The number of anilines is 1. The maximum Gasteiger partial charge on any atom is 0.255 e. The fourth-order valence-corrected chi connectivity index (χ4v) is 4.32. The van der Waals surface area contributed by atoms with E-state index in [1.807, 2.05) is 11.0 Å². The number of carbonyl (C=O) groups is 1. The van der Waals surface area contributed by atoms with Gasteiger partial charge in [0.15, 0.2) is 0 Å². The number of aromatic nitrogens is 1. The summed E-state index contributed by atoms with van der Waals surface area (Å²) in [4.78, 5) is 21.4. The van der Waals surface area contributed by atoms with Crippen LogP contribution in [0.5, 0.6) is 0 Å². The molecule has 4 nitrogen and oxygen atoms in total. The van der Waals surface area contributed by atoms with Gasteiger partial charge >= 0.3 is 0 Å². The van der Waals surface area contributed by atoms with Gasteiger partial charge < -0.3 is 9.80 Å². The Bertz CT molecular complexity index is 608. The minimum absolute atomic E-state index is 0.0722. The van der Waals surface area contributed by atoms with Crippen molar-refractivity contribution in [3.05, 3.63) is 22.8 Å². The molecule has 0 atom stereocenters. The summed E-state index contributed by atoms with van der Waals surface area (Å²) in [6.07, 6.45) is 10.4. The number of pyridine rings is 1. The van der Waals surface area contributed by atoms with Crippen LogP contribution in [0.15, 0.2) is 12.3 Å².